The molecule has 0 aliphatic rings. The van der Waals surface area contributed by atoms with E-state index < -0.39 is 0 Å². The van der Waals surface area contributed by atoms with Crippen LogP contribution in [0.25, 0.3) is 0 Å². The van der Waals surface area contributed by atoms with E-state index in [-0.39, 0.29) is 18.4 Å². The fourth-order valence-electron chi connectivity index (χ4n) is 1.43. The minimum absolute atomic E-state index is 0.103. The Kier molecular flexibility index (Phi) is 5.35. The third-order valence-corrected chi connectivity index (χ3v) is 2.20. The van der Waals surface area contributed by atoms with Crippen LogP contribution < -0.4 is 10.1 Å². The summed E-state index contributed by atoms with van der Waals surface area (Å²) in [6.07, 6.45) is 0.262. The van der Waals surface area contributed by atoms with Crippen molar-refractivity contribution in [3.63, 3.8) is 0 Å². The van der Waals surface area contributed by atoms with Gasteiger partial charge in [0.2, 0.25) is 11.8 Å². The summed E-state index contributed by atoms with van der Waals surface area (Å²) in [5.74, 6) is 0.709. The van der Waals surface area contributed by atoms with Gasteiger partial charge in [-0.05, 0) is 20.8 Å². The highest BCUT2D eigenvalue weighted by molar-refractivity contribution is 5.70. The number of methoxy groups -OCH3 is 1. The van der Waals surface area contributed by atoms with Gasteiger partial charge in [0.15, 0.2) is 0 Å². The molecule has 0 amide bonds. The topological polar surface area (TPSA) is 73.3 Å². The first-order valence-electron chi connectivity index (χ1n) is 5.87. The molecule has 1 unspecified atom stereocenters. The molecule has 0 aliphatic carbocycles. The van der Waals surface area contributed by atoms with Crippen molar-refractivity contribution in [3.8, 4) is 5.88 Å². The lowest BCUT2D eigenvalue weighted by molar-refractivity contribution is -0.140. The number of hydrogen-bond acceptors (Lipinski definition) is 6. The van der Waals surface area contributed by atoms with Crippen molar-refractivity contribution >= 4 is 11.9 Å². The van der Waals surface area contributed by atoms with E-state index in [0.29, 0.717) is 18.4 Å². The Hall–Kier alpha value is -1.85. The molecule has 1 atom stereocenters. The Bertz CT molecular complexity index is 410. The number of nitrogens with one attached hydrogen (secondary N) is 1. The molecule has 0 fully saturated rings. The summed E-state index contributed by atoms with van der Waals surface area (Å²) in [5, 5.41) is 3.04. The maximum atomic E-state index is 11.1. The van der Waals surface area contributed by atoms with Crippen LogP contribution >= 0.6 is 0 Å². The second kappa shape index (κ2) is 6.78. The normalized spacial score (nSPS) is 11.8. The Morgan fingerprint density at radius 3 is 2.83 bits per heavy atom. The minimum Gasteiger partial charge on any atom is -0.478 e. The minimum atomic E-state index is -0.271. The molecule has 0 saturated carbocycles. The number of anilines is 1. The van der Waals surface area contributed by atoms with E-state index in [2.05, 4.69) is 20.0 Å². The zero-order chi connectivity index (χ0) is 13.5. The SMILES string of the molecule is CCOc1cc(C)nc(NC(C)CC(=O)OC)n1. The average Bonchev–Trinajstić information content (AvgIpc) is 2.28. The number of aryl methyl sites for hydroxylation is 1. The molecule has 18 heavy (non-hydrogen) atoms. The summed E-state index contributed by atoms with van der Waals surface area (Å²) in [7, 11) is 1.37. The molecule has 1 heterocycles. The molecule has 1 rings (SSSR count). The van der Waals surface area contributed by atoms with Crippen molar-refractivity contribution in [3.05, 3.63) is 11.8 Å². The van der Waals surface area contributed by atoms with E-state index in [1.165, 1.54) is 7.11 Å². The fraction of sp³-hybridized carbons (Fsp3) is 0.583. The first-order valence-corrected chi connectivity index (χ1v) is 5.87. The molecule has 0 aliphatic heterocycles. The van der Waals surface area contributed by atoms with E-state index in [9.17, 15) is 4.79 Å². The number of esters is 1. The molecule has 6 heteroatoms. The molecule has 0 saturated heterocycles. The Labute approximate surface area is 107 Å². The van der Waals surface area contributed by atoms with Gasteiger partial charge in [-0.1, -0.05) is 0 Å². The predicted octanol–water partition coefficient (Wildman–Crippen LogP) is 1.55. The highest BCUT2D eigenvalue weighted by atomic mass is 16.5. The number of hydrogen-bond donors (Lipinski definition) is 1. The number of carbonyl (C=O) groups is 1. The van der Waals surface area contributed by atoms with Crippen molar-refractivity contribution in [1.29, 1.82) is 0 Å². The van der Waals surface area contributed by atoms with Gasteiger partial charge in [-0.25, -0.2) is 4.98 Å². The van der Waals surface area contributed by atoms with Crippen LogP contribution in [0.5, 0.6) is 5.88 Å². The fourth-order valence-corrected chi connectivity index (χ4v) is 1.43. The molecule has 6 nitrogen and oxygen atoms in total. The largest absolute Gasteiger partial charge is 0.478 e. The molecular formula is C12H19N3O3. The Morgan fingerprint density at radius 1 is 1.50 bits per heavy atom. The first-order chi connectivity index (χ1) is 8.55. The van der Waals surface area contributed by atoms with Gasteiger partial charge in [0, 0.05) is 17.8 Å². The van der Waals surface area contributed by atoms with Crippen LogP contribution in [-0.4, -0.2) is 35.7 Å². The summed E-state index contributed by atoms with van der Waals surface area (Å²) < 4.78 is 9.93. The van der Waals surface area contributed by atoms with Crippen molar-refractivity contribution in [2.24, 2.45) is 0 Å². The number of ether oxygens (including phenoxy) is 2. The zero-order valence-corrected chi connectivity index (χ0v) is 11.2. The lowest BCUT2D eigenvalue weighted by atomic mass is 10.2. The van der Waals surface area contributed by atoms with E-state index in [0.717, 1.165) is 5.69 Å². The number of nitrogens with zero attached hydrogens (tertiary/aromatic N) is 2. The predicted molar refractivity (Wildman–Crippen MR) is 67.7 cm³/mol. The molecule has 100 valence electrons. The molecule has 0 spiro atoms. The van der Waals surface area contributed by atoms with E-state index in [1.54, 1.807) is 6.07 Å². The second-order valence-corrected chi connectivity index (χ2v) is 3.93. The van der Waals surface area contributed by atoms with Gasteiger partial charge in [-0.15, -0.1) is 0 Å². The van der Waals surface area contributed by atoms with Crippen molar-refractivity contribution in [2.45, 2.75) is 33.2 Å². The van der Waals surface area contributed by atoms with Gasteiger partial charge in [-0.2, -0.15) is 4.98 Å². The van der Waals surface area contributed by atoms with Crippen LogP contribution in [0.15, 0.2) is 6.07 Å². The van der Waals surface area contributed by atoms with Gasteiger partial charge in [-0.3, -0.25) is 4.79 Å². The lowest BCUT2D eigenvalue weighted by Gasteiger charge is -2.13. The molecule has 1 aromatic rings. The maximum Gasteiger partial charge on any atom is 0.307 e. The van der Waals surface area contributed by atoms with Crippen LogP contribution in [0.4, 0.5) is 5.95 Å². The van der Waals surface area contributed by atoms with E-state index in [1.807, 2.05) is 20.8 Å². The lowest BCUT2D eigenvalue weighted by Crippen LogP contribution is -2.22. The smallest absolute Gasteiger partial charge is 0.307 e. The first kappa shape index (κ1) is 14.2. The Morgan fingerprint density at radius 2 is 2.22 bits per heavy atom. The number of carbonyl (C=O) groups excluding carboxylic acids is 1. The molecule has 0 radical (unpaired) electrons. The number of rotatable bonds is 6. The molecule has 0 bridgehead atoms. The summed E-state index contributed by atoms with van der Waals surface area (Å²) in [4.78, 5) is 19.6. The van der Waals surface area contributed by atoms with Gasteiger partial charge < -0.3 is 14.8 Å². The molecule has 0 aromatic carbocycles. The van der Waals surface area contributed by atoms with Crippen LogP contribution in [0.2, 0.25) is 0 Å². The average molecular weight is 253 g/mol. The van der Waals surface area contributed by atoms with Crippen molar-refractivity contribution in [1.82, 2.24) is 9.97 Å². The summed E-state index contributed by atoms with van der Waals surface area (Å²) in [5.41, 5.74) is 0.807. The van der Waals surface area contributed by atoms with Gasteiger partial charge in [0.05, 0.1) is 20.1 Å². The highest BCUT2D eigenvalue weighted by Gasteiger charge is 2.11. The second-order valence-electron chi connectivity index (χ2n) is 3.93. The quantitative estimate of drug-likeness (QED) is 0.775. The van der Waals surface area contributed by atoms with E-state index >= 15 is 0 Å². The third-order valence-electron chi connectivity index (χ3n) is 2.20. The number of aromatic nitrogens is 2. The van der Waals surface area contributed by atoms with Gasteiger partial charge in [0.25, 0.3) is 0 Å². The molecule has 1 aromatic heterocycles. The summed E-state index contributed by atoms with van der Waals surface area (Å²) in [6, 6.07) is 1.66. The van der Waals surface area contributed by atoms with Crippen LogP contribution in [0.3, 0.4) is 0 Å². The third kappa shape index (κ3) is 4.57. The zero-order valence-electron chi connectivity index (χ0n) is 11.2. The van der Waals surface area contributed by atoms with Crippen LogP contribution in [0.1, 0.15) is 26.0 Å². The van der Waals surface area contributed by atoms with E-state index in [4.69, 9.17) is 4.74 Å². The molecular weight excluding hydrogens is 234 g/mol. The van der Waals surface area contributed by atoms with Gasteiger partial charge in [0.1, 0.15) is 0 Å². The monoisotopic (exact) mass is 253 g/mol. The van der Waals surface area contributed by atoms with Crippen molar-refractivity contribution < 1.29 is 14.3 Å². The van der Waals surface area contributed by atoms with Gasteiger partial charge >= 0.3 is 5.97 Å². The van der Waals surface area contributed by atoms with Crippen molar-refractivity contribution in [2.75, 3.05) is 19.0 Å². The standard InChI is InChI=1S/C12H19N3O3/c1-5-18-10-6-8(2)13-12(15-10)14-9(3)7-11(16)17-4/h6,9H,5,7H2,1-4H3,(H,13,14,15). The maximum absolute atomic E-state index is 11.1. The van der Waals surface area contributed by atoms with Crippen LogP contribution in [-0.2, 0) is 9.53 Å². The molecule has 1 N–H and O–H groups in total. The summed E-state index contributed by atoms with van der Waals surface area (Å²) in [6.45, 7) is 6.17. The highest BCUT2D eigenvalue weighted by Crippen LogP contribution is 2.13. The summed E-state index contributed by atoms with van der Waals surface area (Å²) >= 11 is 0. The van der Waals surface area contributed by atoms with Crippen LogP contribution in [0, 0.1) is 6.92 Å². The Balaban J connectivity index is 2.68.